The first kappa shape index (κ1) is 14.0. The van der Waals surface area contributed by atoms with E-state index < -0.39 is 0 Å². The number of nitrogens with two attached hydrogens (primary N) is 1. The summed E-state index contributed by atoms with van der Waals surface area (Å²) >= 11 is 1.48. The van der Waals surface area contributed by atoms with Crippen LogP contribution in [0, 0.1) is 0 Å². The van der Waals surface area contributed by atoms with E-state index in [-0.39, 0.29) is 11.7 Å². The Labute approximate surface area is 127 Å². The van der Waals surface area contributed by atoms with E-state index in [0.29, 0.717) is 31.7 Å². The number of amides is 1. The van der Waals surface area contributed by atoms with Crippen molar-refractivity contribution in [3.8, 4) is 5.75 Å². The first-order valence-electron chi connectivity index (χ1n) is 6.92. The van der Waals surface area contributed by atoms with E-state index >= 15 is 0 Å². The van der Waals surface area contributed by atoms with Crippen molar-refractivity contribution in [2.75, 3.05) is 13.1 Å². The van der Waals surface area contributed by atoms with Crippen LogP contribution in [-0.4, -0.2) is 34.0 Å². The van der Waals surface area contributed by atoms with E-state index in [1.165, 1.54) is 16.9 Å². The third-order valence-corrected chi connectivity index (χ3v) is 4.53. The highest BCUT2D eigenvalue weighted by molar-refractivity contribution is 7.09. The van der Waals surface area contributed by atoms with Gasteiger partial charge in [0.05, 0.1) is 5.01 Å². The molecule has 0 aliphatic carbocycles. The van der Waals surface area contributed by atoms with Gasteiger partial charge in [-0.25, -0.2) is 4.98 Å². The van der Waals surface area contributed by atoms with Crippen LogP contribution < -0.4 is 5.73 Å². The Balaban J connectivity index is 1.76. The molecule has 3 N–H and O–H groups in total. The average Bonchev–Trinajstić information content (AvgIpc) is 2.94. The molecule has 0 bridgehead atoms. The van der Waals surface area contributed by atoms with Gasteiger partial charge in [0.15, 0.2) is 0 Å². The molecule has 110 valence electrons. The zero-order chi connectivity index (χ0) is 14.8. The lowest BCUT2D eigenvalue weighted by Crippen LogP contribution is -2.36. The molecule has 0 fully saturated rings. The van der Waals surface area contributed by atoms with Gasteiger partial charge >= 0.3 is 0 Å². The van der Waals surface area contributed by atoms with Crippen molar-refractivity contribution in [1.29, 1.82) is 0 Å². The molecule has 0 spiro atoms. The van der Waals surface area contributed by atoms with Gasteiger partial charge in [-0.3, -0.25) is 4.79 Å². The lowest BCUT2D eigenvalue weighted by atomic mass is 9.99. The molecule has 0 atom stereocenters. The fourth-order valence-electron chi connectivity index (χ4n) is 2.53. The Morgan fingerprint density at radius 1 is 1.43 bits per heavy atom. The van der Waals surface area contributed by atoms with E-state index in [0.717, 1.165) is 17.0 Å². The topological polar surface area (TPSA) is 79.5 Å². The summed E-state index contributed by atoms with van der Waals surface area (Å²) in [4.78, 5) is 18.6. The molecule has 2 heterocycles. The first-order valence-corrected chi connectivity index (χ1v) is 7.80. The Morgan fingerprint density at radius 3 is 3.10 bits per heavy atom. The quantitative estimate of drug-likeness (QED) is 0.901. The van der Waals surface area contributed by atoms with Gasteiger partial charge in [-0.2, -0.15) is 0 Å². The predicted molar refractivity (Wildman–Crippen MR) is 81.4 cm³/mol. The van der Waals surface area contributed by atoms with E-state index in [2.05, 4.69) is 4.98 Å². The molecule has 0 saturated heterocycles. The number of phenolic OH excluding ortho intramolecular Hbond substituents is 1. The van der Waals surface area contributed by atoms with Crippen LogP contribution in [-0.2, 0) is 19.4 Å². The molecule has 21 heavy (non-hydrogen) atoms. The largest absolute Gasteiger partial charge is 0.508 e. The van der Waals surface area contributed by atoms with Gasteiger partial charge in [0.1, 0.15) is 11.4 Å². The SMILES string of the molecule is NCCc1nc(C(=O)N2CCc3ccc(O)cc3C2)cs1. The van der Waals surface area contributed by atoms with Crippen LogP contribution >= 0.6 is 11.3 Å². The van der Waals surface area contributed by atoms with Gasteiger partial charge in [-0.05, 0) is 36.2 Å². The van der Waals surface area contributed by atoms with Gasteiger partial charge in [-0.1, -0.05) is 6.07 Å². The zero-order valence-electron chi connectivity index (χ0n) is 11.6. The Kier molecular flexibility index (Phi) is 3.90. The number of nitrogens with zero attached hydrogens (tertiary/aromatic N) is 2. The van der Waals surface area contributed by atoms with Gasteiger partial charge in [0, 0.05) is 24.9 Å². The van der Waals surface area contributed by atoms with Crippen LogP contribution in [0.25, 0.3) is 0 Å². The molecule has 5 nitrogen and oxygen atoms in total. The van der Waals surface area contributed by atoms with Crippen molar-refractivity contribution in [3.05, 3.63) is 45.4 Å². The number of aromatic nitrogens is 1. The number of hydrogen-bond donors (Lipinski definition) is 2. The molecule has 1 amide bonds. The van der Waals surface area contributed by atoms with Crippen molar-refractivity contribution >= 4 is 17.2 Å². The monoisotopic (exact) mass is 303 g/mol. The van der Waals surface area contributed by atoms with Gasteiger partial charge in [-0.15, -0.1) is 11.3 Å². The minimum absolute atomic E-state index is 0.0523. The van der Waals surface area contributed by atoms with Crippen LogP contribution in [0.5, 0.6) is 5.75 Å². The normalized spacial score (nSPS) is 14.0. The van der Waals surface area contributed by atoms with E-state index in [4.69, 9.17) is 5.73 Å². The van der Waals surface area contributed by atoms with Crippen molar-refractivity contribution in [3.63, 3.8) is 0 Å². The van der Waals surface area contributed by atoms with Crippen LogP contribution in [0.3, 0.4) is 0 Å². The fourth-order valence-corrected chi connectivity index (χ4v) is 3.31. The molecule has 1 aromatic carbocycles. The molecule has 6 heteroatoms. The van der Waals surface area contributed by atoms with Gasteiger partial charge in [0.2, 0.25) is 0 Å². The Hall–Kier alpha value is -1.92. The van der Waals surface area contributed by atoms with Crippen molar-refractivity contribution in [2.24, 2.45) is 5.73 Å². The second-order valence-electron chi connectivity index (χ2n) is 5.09. The van der Waals surface area contributed by atoms with Crippen LogP contribution in [0.15, 0.2) is 23.6 Å². The van der Waals surface area contributed by atoms with Crippen LogP contribution in [0.2, 0.25) is 0 Å². The average molecular weight is 303 g/mol. The summed E-state index contributed by atoms with van der Waals surface area (Å²) in [7, 11) is 0. The number of benzene rings is 1. The number of rotatable bonds is 3. The maximum atomic E-state index is 12.5. The first-order chi connectivity index (χ1) is 10.2. The summed E-state index contributed by atoms with van der Waals surface area (Å²) in [6, 6.07) is 5.35. The maximum Gasteiger partial charge on any atom is 0.273 e. The summed E-state index contributed by atoms with van der Waals surface area (Å²) in [6.07, 6.45) is 1.51. The van der Waals surface area contributed by atoms with E-state index in [9.17, 15) is 9.90 Å². The second kappa shape index (κ2) is 5.83. The van der Waals surface area contributed by atoms with Crippen LogP contribution in [0.1, 0.15) is 26.6 Å². The fraction of sp³-hybridized carbons (Fsp3) is 0.333. The highest BCUT2D eigenvalue weighted by Crippen LogP contribution is 2.24. The number of phenols is 1. The highest BCUT2D eigenvalue weighted by Gasteiger charge is 2.23. The lowest BCUT2D eigenvalue weighted by molar-refractivity contribution is 0.0729. The number of aromatic hydroxyl groups is 1. The smallest absolute Gasteiger partial charge is 0.273 e. The number of hydrogen-bond acceptors (Lipinski definition) is 5. The summed E-state index contributed by atoms with van der Waals surface area (Å²) < 4.78 is 0. The number of fused-ring (bicyclic) bond motifs is 1. The highest BCUT2D eigenvalue weighted by atomic mass is 32.1. The van der Waals surface area contributed by atoms with Gasteiger partial charge < -0.3 is 15.7 Å². The minimum atomic E-state index is -0.0523. The zero-order valence-corrected chi connectivity index (χ0v) is 12.4. The van der Waals surface area contributed by atoms with Gasteiger partial charge in [0.25, 0.3) is 5.91 Å². The molecule has 0 unspecified atom stereocenters. The third-order valence-electron chi connectivity index (χ3n) is 3.62. The Bertz CT molecular complexity index is 669. The second-order valence-corrected chi connectivity index (χ2v) is 6.04. The summed E-state index contributed by atoms with van der Waals surface area (Å²) in [6.45, 7) is 1.74. The molecule has 0 radical (unpaired) electrons. The summed E-state index contributed by atoms with van der Waals surface area (Å²) in [5.74, 6) is 0.186. The minimum Gasteiger partial charge on any atom is -0.508 e. The van der Waals surface area contributed by atoms with E-state index in [1.54, 1.807) is 22.4 Å². The predicted octanol–water partition coefficient (Wildman–Crippen LogP) is 1.55. The molecule has 0 saturated carbocycles. The molecule has 3 rings (SSSR count). The Morgan fingerprint density at radius 2 is 2.29 bits per heavy atom. The maximum absolute atomic E-state index is 12.5. The molecular weight excluding hydrogens is 286 g/mol. The van der Waals surface area contributed by atoms with Crippen molar-refractivity contribution < 1.29 is 9.90 Å². The van der Waals surface area contributed by atoms with Crippen molar-refractivity contribution in [2.45, 2.75) is 19.4 Å². The number of carbonyl (C=O) groups is 1. The number of thiazole rings is 1. The molecule has 1 aromatic heterocycles. The van der Waals surface area contributed by atoms with E-state index in [1.807, 2.05) is 6.07 Å². The summed E-state index contributed by atoms with van der Waals surface area (Å²) in [5, 5.41) is 12.3. The molecular formula is C15H17N3O2S. The molecule has 1 aliphatic heterocycles. The number of carbonyl (C=O) groups excluding carboxylic acids is 1. The standard InChI is InChI=1S/C15H17N3O2S/c16-5-3-14-17-13(9-21-14)15(20)18-6-4-10-1-2-12(19)7-11(10)8-18/h1-2,7,9,19H,3-6,8,16H2. The van der Waals surface area contributed by atoms with Crippen LogP contribution in [0.4, 0.5) is 0 Å². The molecule has 2 aromatic rings. The van der Waals surface area contributed by atoms with Crippen molar-refractivity contribution in [1.82, 2.24) is 9.88 Å². The lowest BCUT2D eigenvalue weighted by Gasteiger charge is -2.28. The summed E-state index contributed by atoms with van der Waals surface area (Å²) in [5.41, 5.74) is 8.20. The molecule has 1 aliphatic rings. The third kappa shape index (κ3) is 2.91.